The number of nitro groups is 1. The van der Waals surface area contributed by atoms with E-state index in [4.69, 9.17) is 17.3 Å². The molecule has 1 aliphatic rings. The van der Waals surface area contributed by atoms with Crippen LogP contribution in [0.4, 0.5) is 5.69 Å². The van der Waals surface area contributed by atoms with Gasteiger partial charge in [0.05, 0.1) is 4.92 Å². The van der Waals surface area contributed by atoms with Crippen LogP contribution >= 0.6 is 11.6 Å². The van der Waals surface area contributed by atoms with Crippen molar-refractivity contribution >= 4 is 17.3 Å². The number of nitrogens with zero attached hydrogens (tertiary/aromatic N) is 2. The van der Waals surface area contributed by atoms with Crippen molar-refractivity contribution in [2.24, 2.45) is 11.7 Å². The summed E-state index contributed by atoms with van der Waals surface area (Å²) in [6, 6.07) is 5.16. The van der Waals surface area contributed by atoms with Crippen molar-refractivity contribution in [1.82, 2.24) is 4.90 Å². The van der Waals surface area contributed by atoms with Gasteiger partial charge in [-0.3, -0.25) is 15.0 Å². The summed E-state index contributed by atoms with van der Waals surface area (Å²) in [7, 11) is 0. The summed E-state index contributed by atoms with van der Waals surface area (Å²) in [5.74, 6) is 0.667. The lowest BCUT2D eigenvalue weighted by Gasteiger charge is -2.37. The van der Waals surface area contributed by atoms with Gasteiger partial charge in [-0.1, -0.05) is 18.5 Å². The van der Waals surface area contributed by atoms with Gasteiger partial charge >= 0.3 is 0 Å². The Bertz CT molecular complexity index is 495. The predicted octanol–water partition coefficient (Wildman–Crippen LogP) is 2.81. The quantitative estimate of drug-likeness (QED) is 0.685. The van der Waals surface area contributed by atoms with Crippen LogP contribution in [0.2, 0.25) is 5.02 Å². The first kappa shape index (κ1) is 15.2. The third-order valence-electron chi connectivity index (χ3n) is 3.99. The van der Waals surface area contributed by atoms with Crippen LogP contribution < -0.4 is 5.73 Å². The zero-order chi connectivity index (χ0) is 14.7. The van der Waals surface area contributed by atoms with Gasteiger partial charge in [-0.05, 0) is 37.4 Å². The van der Waals surface area contributed by atoms with Crippen molar-refractivity contribution in [3.05, 3.63) is 38.9 Å². The fourth-order valence-corrected chi connectivity index (χ4v) is 2.98. The largest absolute Gasteiger partial charge is 0.329 e. The maximum Gasteiger partial charge on any atom is 0.275 e. The van der Waals surface area contributed by atoms with Crippen LogP contribution in [0.3, 0.4) is 0 Å². The van der Waals surface area contributed by atoms with Crippen molar-refractivity contribution in [3.63, 3.8) is 0 Å². The molecule has 2 N–H and O–H groups in total. The molecule has 0 spiro atoms. The minimum atomic E-state index is -0.370. The lowest BCUT2D eigenvalue weighted by atomic mass is 9.92. The number of halogens is 1. The maximum atomic E-state index is 11.1. The third-order valence-corrected chi connectivity index (χ3v) is 4.22. The highest BCUT2D eigenvalue weighted by molar-refractivity contribution is 6.30. The molecule has 1 aliphatic heterocycles. The molecule has 0 amide bonds. The van der Waals surface area contributed by atoms with Crippen LogP contribution in [-0.4, -0.2) is 29.0 Å². The fourth-order valence-electron chi connectivity index (χ4n) is 2.81. The van der Waals surface area contributed by atoms with E-state index < -0.39 is 0 Å². The summed E-state index contributed by atoms with van der Waals surface area (Å²) in [6.07, 6.45) is 2.16. The Labute approximate surface area is 123 Å². The second-order valence-electron chi connectivity index (χ2n) is 5.52. The van der Waals surface area contributed by atoms with Gasteiger partial charge in [-0.2, -0.15) is 0 Å². The molecule has 0 aliphatic carbocycles. The Morgan fingerprint density at radius 2 is 2.30 bits per heavy atom. The minimum Gasteiger partial charge on any atom is -0.329 e. The lowest BCUT2D eigenvalue weighted by molar-refractivity contribution is -0.385. The molecule has 0 bridgehead atoms. The molecule has 1 heterocycles. The van der Waals surface area contributed by atoms with Crippen LogP contribution in [0.15, 0.2) is 18.2 Å². The second-order valence-corrected chi connectivity index (χ2v) is 5.96. The molecule has 0 aromatic heterocycles. The van der Waals surface area contributed by atoms with E-state index in [9.17, 15) is 10.1 Å². The Morgan fingerprint density at radius 1 is 1.55 bits per heavy atom. The van der Waals surface area contributed by atoms with Crippen LogP contribution in [0.5, 0.6) is 0 Å². The number of piperidine rings is 1. The summed E-state index contributed by atoms with van der Waals surface area (Å²) in [5.41, 5.74) is 6.63. The first-order valence-electron chi connectivity index (χ1n) is 6.88. The summed E-state index contributed by atoms with van der Waals surface area (Å²) < 4.78 is 0. The van der Waals surface area contributed by atoms with Gasteiger partial charge in [0, 0.05) is 35.8 Å². The Balaban J connectivity index is 2.18. The van der Waals surface area contributed by atoms with Crippen molar-refractivity contribution < 1.29 is 4.92 Å². The number of nitro benzene ring substituents is 1. The first-order valence-corrected chi connectivity index (χ1v) is 7.26. The molecule has 5 nitrogen and oxygen atoms in total. The average Bonchev–Trinajstić information content (AvgIpc) is 2.42. The van der Waals surface area contributed by atoms with E-state index in [1.165, 1.54) is 6.07 Å². The molecule has 1 aromatic carbocycles. The third kappa shape index (κ3) is 3.48. The zero-order valence-electron chi connectivity index (χ0n) is 11.6. The average molecular weight is 298 g/mol. The molecular formula is C14H20ClN3O2. The molecule has 2 unspecified atom stereocenters. The lowest BCUT2D eigenvalue weighted by Crippen LogP contribution is -2.45. The number of rotatable bonds is 4. The Kier molecular flexibility index (Phi) is 4.96. The number of hydrogen-bond acceptors (Lipinski definition) is 4. The SMILES string of the molecule is CC1CCN(Cc2ccc(Cl)cc2[N+](=O)[O-])C(CN)C1. The highest BCUT2D eigenvalue weighted by Crippen LogP contribution is 2.28. The predicted molar refractivity (Wildman–Crippen MR) is 79.8 cm³/mol. The number of nitrogens with two attached hydrogens (primary N) is 1. The van der Waals surface area contributed by atoms with Gasteiger partial charge in [0.1, 0.15) is 0 Å². The van der Waals surface area contributed by atoms with E-state index in [-0.39, 0.29) is 10.6 Å². The van der Waals surface area contributed by atoms with Gasteiger partial charge in [0.15, 0.2) is 0 Å². The fraction of sp³-hybridized carbons (Fsp3) is 0.571. The van der Waals surface area contributed by atoms with Crippen molar-refractivity contribution in [1.29, 1.82) is 0 Å². The molecule has 1 aromatic rings. The van der Waals surface area contributed by atoms with Crippen LogP contribution in [-0.2, 0) is 6.54 Å². The zero-order valence-corrected chi connectivity index (χ0v) is 12.3. The summed E-state index contributed by atoms with van der Waals surface area (Å²) in [5, 5.41) is 11.5. The molecule has 1 saturated heterocycles. The molecule has 2 atom stereocenters. The van der Waals surface area contributed by atoms with E-state index in [1.807, 2.05) is 0 Å². The van der Waals surface area contributed by atoms with Crippen LogP contribution in [0.1, 0.15) is 25.3 Å². The van der Waals surface area contributed by atoms with Crippen LogP contribution in [0.25, 0.3) is 0 Å². The van der Waals surface area contributed by atoms with E-state index in [0.717, 1.165) is 19.4 Å². The molecule has 0 saturated carbocycles. The van der Waals surface area contributed by atoms with Gasteiger partial charge < -0.3 is 5.73 Å². The van der Waals surface area contributed by atoms with Crippen molar-refractivity contribution in [3.8, 4) is 0 Å². The number of hydrogen-bond donors (Lipinski definition) is 1. The van der Waals surface area contributed by atoms with E-state index in [1.54, 1.807) is 12.1 Å². The molecule has 6 heteroatoms. The Hall–Kier alpha value is -1.17. The monoisotopic (exact) mass is 297 g/mol. The molecule has 20 heavy (non-hydrogen) atoms. The topological polar surface area (TPSA) is 72.4 Å². The van der Waals surface area contributed by atoms with Gasteiger partial charge in [0.2, 0.25) is 0 Å². The van der Waals surface area contributed by atoms with E-state index >= 15 is 0 Å². The summed E-state index contributed by atoms with van der Waals surface area (Å²) in [6.45, 7) is 4.31. The van der Waals surface area contributed by atoms with E-state index in [0.29, 0.717) is 35.6 Å². The highest BCUT2D eigenvalue weighted by atomic mass is 35.5. The van der Waals surface area contributed by atoms with Crippen LogP contribution in [0, 0.1) is 16.0 Å². The van der Waals surface area contributed by atoms with Gasteiger partial charge in [-0.15, -0.1) is 0 Å². The molecule has 0 radical (unpaired) electrons. The van der Waals surface area contributed by atoms with Gasteiger partial charge in [0.25, 0.3) is 5.69 Å². The molecular weight excluding hydrogens is 278 g/mol. The Morgan fingerprint density at radius 3 is 2.95 bits per heavy atom. The minimum absolute atomic E-state index is 0.0897. The number of benzene rings is 1. The van der Waals surface area contributed by atoms with Crippen molar-refractivity contribution in [2.75, 3.05) is 13.1 Å². The summed E-state index contributed by atoms with van der Waals surface area (Å²) >= 11 is 5.84. The van der Waals surface area contributed by atoms with E-state index in [2.05, 4.69) is 11.8 Å². The van der Waals surface area contributed by atoms with Crippen molar-refractivity contribution in [2.45, 2.75) is 32.4 Å². The molecule has 1 fully saturated rings. The van der Waals surface area contributed by atoms with Gasteiger partial charge in [-0.25, -0.2) is 0 Å². The standard InChI is InChI=1S/C14H20ClN3O2/c1-10-4-5-17(13(6-10)8-16)9-11-2-3-12(15)7-14(11)18(19)20/h2-3,7,10,13H,4-6,8-9,16H2,1H3. The normalized spacial score (nSPS) is 23.8. The maximum absolute atomic E-state index is 11.1. The second kappa shape index (κ2) is 6.52. The smallest absolute Gasteiger partial charge is 0.275 e. The molecule has 2 rings (SSSR count). The highest BCUT2D eigenvalue weighted by Gasteiger charge is 2.27. The molecule has 110 valence electrons. The first-order chi connectivity index (χ1) is 9.51. The summed E-state index contributed by atoms with van der Waals surface area (Å²) in [4.78, 5) is 13.0. The number of likely N-dealkylation sites (tertiary alicyclic amines) is 1.